The molecule has 0 saturated carbocycles. The molecule has 0 radical (unpaired) electrons. The van der Waals surface area contributed by atoms with Crippen LogP contribution in [0.5, 0.6) is 17.2 Å². The molecule has 0 bridgehead atoms. The van der Waals surface area contributed by atoms with Crippen molar-refractivity contribution in [3.8, 4) is 17.2 Å². The highest BCUT2D eigenvalue weighted by Crippen LogP contribution is 2.32. The number of hydrogen-bond acceptors (Lipinski definition) is 7. The van der Waals surface area contributed by atoms with Gasteiger partial charge in [-0.3, -0.25) is 4.79 Å². The van der Waals surface area contributed by atoms with E-state index < -0.39 is 22.0 Å². The third kappa shape index (κ3) is 5.61. The Morgan fingerprint density at radius 2 is 1.84 bits per heavy atom. The number of carbonyl (C=O) groups excluding carboxylic acids is 1. The Kier molecular flexibility index (Phi) is 7.30. The zero-order chi connectivity index (χ0) is 22.6. The van der Waals surface area contributed by atoms with E-state index in [0.717, 1.165) is 0 Å². The van der Waals surface area contributed by atoms with Crippen LogP contribution in [-0.2, 0) is 26.2 Å². The van der Waals surface area contributed by atoms with Crippen molar-refractivity contribution < 1.29 is 32.2 Å². The Bertz CT molecular complexity index is 1060. The maximum absolute atomic E-state index is 12.9. The molecule has 0 unspecified atom stereocenters. The normalized spacial score (nSPS) is 14.2. The van der Waals surface area contributed by atoms with Gasteiger partial charge in [-0.2, -0.15) is 4.72 Å². The van der Waals surface area contributed by atoms with Gasteiger partial charge in [0.05, 0.1) is 12.0 Å². The summed E-state index contributed by atoms with van der Waals surface area (Å²) in [6.45, 7) is 4.06. The first-order chi connectivity index (χ1) is 14.7. The smallest absolute Gasteiger partial charge is 0.324 e. The Balaban J connectivity index is 1.74. The maximum atomic E-state index is 12.9. The number of ether oxygens (including phenoxy) is 4. The Morgan fingerprint density at radius 3 is 2.52 bits per heavy atom. The van der Waals surface area contributed by atoms with Crippen molar-refractivity contribution in [2.45, 2.75) is 31.4 Å². The van der Waals surface area contributed by atoms with Gasteiger partial charge in [0.25, 0.3) is 0 Å². The van der Waals surface area contributed by atoms with Crippen LogP contribution in [0, 0.1) is 5.92 Å². The van der Waals surface area contributed by atoms with Crippen LogP contribution >= 0.6 is 11.6 Å². The summed E-state index contributed by atoms with van der Waals surface area (Å²) in [7, 11) is -2.52. The lowest BCUT2D eigenvalue weighted by atomic mass is 10.1. The molecule has 0 saturated heterocycles. The van der Waals surface area contributed by atoms with Gasteiger partial charge in [-0.05, 0) is 36.2 Å². The van der Waals surface area contributed by atoms with Crippen LogP contribution in [0.2, 0.25) is 5.02 Å². The fourth-order valence-electron chi connectivity index (χ4n) is 2.98. The van der Waals surface area contributed by atoms with Crippen LogP contribution in [0.4, 0.5) is 0 Å². The van der Waals surface area contributed by atoms with Crippen LogP contribution in [0.1, 0.15) is 19.4 Å². The highest BCUT2D eigenvalue weighted by molar-refractivity contribution is 7.89. The SMILES string of the molecule is COc1ccc(Cl)cc1COC(=O)[C@H](NS(=O)(=O)c1ccc2c(c1)OCCO2)C(C)C. The van der Waals surface area contributed by atoms with Crippen molar-refractivity contribution in [2.24, 2.45) is 5.92 Å². The molecule has 8 nitrogen and oxygen atoms in total. The van der Waals surface area contributed by atoms with Gasteiger partial charge in [0.15, 0.2) is 11.5 Å². The molecule has 1 aliphatic heterocycles. The van der Waals surface area contributed by atoms with E-state index in [0.29, 0.717) is 41.0 Å². The molecule has 31 heavy (non-hydrogen) atoms. The molecule has 1 heterocycles. The van der Waals surface area contributed by atoms with Gasteiger partial charge in [0.2, 0.25) is 10.0 Å². The number of halogens is 1. The molecule has 2 aromatic carbocycles. The first-order valence-electron chi connectivity index (χ1n) is 9.62. The van der Waals surface area contributed by atoms with Gasteiger partial charge in [0, 0.05) is 16.7 Å². The standard InChI is InChI=1S/C21H24ClNO7S/c1-13(2)20(21(24)30-12-14-10-15(22)4-6-17(14)27-3)23-31(25,26)16-5-7-18-19(11-16)29-9-8-28-18/h4-7,10-11,13,20,23H,8-9,12H2,1-3H3/t20-/m1/s1. The minimum Gasteiger partial charge on any atom is -0.496 e. The van der Waals surface area contributed by atoms with Crippen LogP contribution < -0.4 is 18.9 Å². The summed E-state index contributed by atoms with van der Waals surface area (Å²) in [5.41, 5.74) is 0.570. The van der Waals surface area contributed by atoms with Gasteiger partial charge in [-0.25, -0.2) is 8.42 Å². The number of nitrogens with one attached hydrogen (secondary N) is 1. The molecule has 0 spiro atoms. The molecule has 2 aromatic rings. The topological polar surface area (TPSA) is 100 Å². The zero-order valence-corrected chi connectivity index (χ0v) is 19.0. The summed E-state index contributed by atoms with van der Waals surface area (Å²) in [4.78, 5) is 12.7. The molecular weight excluding hydrogens is 446 g/mol. The van der Waals surface area contributed by atoms with E-state index in [1.807, 2.05) is 0 Å². The van der Waals surface area contributed by atoms with Crippen molar-refractivity contribution in [1.29, 1.82) is 0 Å². The predicted octanol–water partition coefficient (Wildman–Crippen LogP) is 3.17. The van der Waals surface area contributed by atoms with E-state index in [4.69, 9.17) is 30.5 Å². The summed E-state index contributed by atoms with van der Waals surface area (Å²) in [6, 6.07) is 8.14. The molecule has 1 aliphatic rings. The Labute approximate surface area is 186 Å². The summed E-state index contributed by atoms with van der Waals surface area (Å²) in [5.74, 6) is 0.250. The minimum atomic E-state index is -4.02. The monoisotopic (exact) mass is 469 g/mol. The Hall–Kier alpha value is -2.49. The number of sulfonamides is 1. The first-order valence-corrected chi connectivity index (χ1v) is 11.5. The average Bonchev–Trinajstić information content (AvgIpc) is 2.75. The lowest BCUT2D eigenvalue weighted by Gasteiger charge is -2.22. The fourth-order valence-corrected chi connectivity index (χ4v) is 4.52. The zero-order valence-electron chi connectivity index (χ0n) is 17.4. The maximum Gasteiger partial charge on any atom is 0.324 e. The number of hydrogen-bond donors (Lipinski definition) is 1. The van der Waals surface area contributed by atoms with Crippen molar-refractivity contribution in [1.82, 2.24) is 4.72 Å². The second kappa shape index (κ2) is 9.76. The van der Waals surface area contributed by atoms with Crippen molar-refractivity contribution in [3.05, 3.63) is 47.0 Å². The summed E-state index contributed by atoms with van der Waals surface area (Å²) < 4.78 is 49.7. The molecule has 0 amide bonds. The van der Waals surface area contributed by atoms with E-state index in [1.54, 1.807) is 32.0 Å². The quantitative estimate of drug-likeness (QED) is 0.592. The van der Waals surface area contributed by atoms with E-state index in [1.165, 1.54) is 25.3 Å². The number of fused-ring (bicyclic) bond motifs is 1. The summed E-state index contributed by atoms with van der Waals surface area (Å²) in [5, 5.41) is 0.464. The van der Waals surface area contributed by atoms with E-state index in [2.05, 4.69) is 4.72 Å². The molecule has 10 heteroatoms. The number of benzene rings is 2. The lowest BCUT2D eigenvalue weighted by molar-refractivity contribution is -0.148. The van der Waals surface area contributed by atoms with Gasteiger partial charge in [0.1, 0.15) is 31.6 Å². The summed E-state index contributed by atoms with van der Waals surface area (Å²) in [6.07, 6.45) is 0. The van der Waals surface area contributed by atoms with Crippen molar-refractivity contribution in [3.63, 3.8) is 0 Å². The van der Waals surface area contributed by atoms with E-state index in [9.17, 15) is 13.2 Å². The minimum absolute atomic E-state index is 0.0355. The predicted molar refractivity (Wildman–Crippen MR) is 114 cm³/mol. The van der Waals surface area contributed by atoms with Crippen LogP contribution in [0.15, 0.2) is 41.3 Å². The van der Waals surface area contributed by atoms with Crippen molar-refractivity contribution >= 4 is 27.6 Å². The van der Waals surface area contributed by atoms with Crippen molar-refractivity contribution in [2.75, 3.05) is 20.3 Å². The first kappa shape index (κ1) is 23.2. The second-order valence-electron chi connectivity index (χ2n) is 7.21. The van der Waals surface area contributed by atoms with Gasteiger partial charge in [-0.1, -0.05) is 25.4 Å². The second-order valence-corrected chi connectivity index (χ2v) is 9.36. The van der Waals surface area contributed by atoms with Crippen LogP contribution in [0.25, 0.3) is 0 Å². The molecule has 168 valence electrons. The molecule has 0 aromatic heterocycles. The molecule has 3 rings (SSSR count). The van der Waals surface area contributed by atoms with Gasteiger partial charge < -0.3 is 18.9 Å². The number of carbonyl (C=O) groups is 1. The fraction of sp³-hybridized carbons (Fsp3) is 0.381. The third-order valence-electron chi connectivity index (χ3n) is 4.64. The average molecular weight is 470 g/mol. The number of rotatable bonds is 8. The van der Waals surface area contributed by atoms with E-state index >= 15 is 0 Å². The van der Waals surface area contributed by atoms with Crippen LogP contribution in [0.3, 0.4) is 0 Å². The molecule has 1 atom stereocenters. The lowest BCUT2D eigenvalue weighted by Crippen LogP contribution is -2.45. The van der Waals surface area contributed by atoms with Gasteiger partial charge >= 0.3 is 5.97 Å². The molecule has 0 aliphatic carbocycles. The number of esters is 1. The largest absolute Gasteiger partial charge is 0.496 e. The highest BCUT2D eigenvalue weighted by Gasteiger charge is 2.30. The van der Waals surface area contributed by atoms with Gasteiger partial charge in [-0.15, -0.1) is 0 Å². The highest BCUT2D eigenvalue weighted by atomic mass is 35.5. The number of methoxy groups -OCH3 is 1. The summed E-state index contributed by atoms with van der Waals surface area (Å²) >= 11 is 6.00. The van der Waals surface area contributed by atoms with Crippen LogP contribution in [-0.4, -0.2) is 40.8 Å². The third-order valence-corrected chi connectivity index (χ3v) is 6.31. The molecular formula is C21H24ClNO7S. The van der Waals surface area contributed by atoms with E-state index in [-0.39, 0.29) is 17.4 Å². The molecule has 1 N–H and O–H groups in total. The Morgan fingerprint density at radius 1 is 1.13 bits per heavy atom. The molecule has 0 fully saturated rings.